The molecule has 0 radical (unpaired) electrons. The molecule has 3 N–H and O–H groups in total. The minimum Gasteiger partial charge on any atom is -0.393 e. The standard InChI is InChI=1S/C11H10ClN3O2/c12-8-3-1-7(2-4-8)5-15-6-9(13)10(16)14-11(15)17/h1-4,6H,5,13H2,(H,14,16,17). The summed E-state index contributed by atoms with van der Waals surface area (Å²) < 4.78 is 1.33. The molecule has 5 nitrogen and oxygen atoms in total. The summed E-state index contributed by atoms with van der Waals surface area (Å²) in [5, 5.41) is 0.627. The molecule has 0 saturated carbocycles. The Hall–Kier alpha value is -2.01. The lowest BCUT2D eigenvalue weighted by atomic mass is 10.2. The molecule has 2 aromatic rings. The molecule has 0 unspecified atom stereocenters. The van der Waals surface area contributed by atoms with E-state index in [4.69, 9.17) is 17.3 Å². The topological polar surface area (TPSA) is 80.9 Å². The second-order valence-corrected chi connectivity index (χ2v) is 4.03. The fraction of sp³-hybridized carbons (Fsp3) is 0.0909. The molecule has 0 amide bonds. The molecule has 0 spiro atoms. The van der Waals surface area contributed by atoms with Crippen molar-refractivity contribution in [2.24, 2.45) is 0 Å². The Morgan fingerprint density at radius 3 is 2.53 bits per heavy atom. The summed E-state index contributed by atoms with van der Waals surface area (Å²) >= 11 is 5.76. The van der Waals surface area contributed by atoms with Gasteiger partial charge in [-0.2, -0.15) is 0 Å². The number of rotatable bonds is 2. The zero-order valence-corrected chi connectivity index (χ0v) is 9.57. The highest BCUT2D eigenvalue weighted by Crippen LogP contribution is 2.10. The van der Waals surface area contributed by atoms with E-state index in [0.717, 1.165) is 5.56 Å². The minimum atomic E-state index is -0.567. The van der Waals surface area contributed by atoms with Gasteiger partial charge in [0, 0.05) is 11.2 Å². The van der Waals surface area contributed by atoms with E-state index in [9.17, 15) is 9.59 Å². The molecule has 0 aliphatic rings. The predicted octanol–water partition coefficient (Wildman–Crippen LogP) is 0.821. The van der Waals surface area contributed by atoms with Crippen LogP contribution in [-0.2, 0) is 6.54 Å². The Bertz CT molecular complexity index is 643. The minimum absolute atomic E-state index is 0.0126. The number of hydrogen-bond acceptors (Lipinski definition) is 3. The molecule has 88 valence electrons. The van der Waals surface area contributed by atoms with Crippen molar-refractivity contribution in [3.8, 4) is 0 Å². The number of nitrogens with zero attached hydrogens (tertiary/aromatic N) is 1. The molecule has 17 heavy (non-hydrogen) atoms. The van der Waals surface area contributed by atoms with Crippen LogP contribution in [0.15, 0.2) is 40.1 Å². The second-order valence-electron chi connectivity index (χ2n) is 3.60. The van der Waals surface area contributed by atoms with Gasteiger partial charge in [0.2, 0.25) is 0 Å². The lowest BCUT2D eigenvalue weighted by Crippen LogP contribution is -2.31. The summed E-state index contributed by atoms with van der Waals surface area (Å²) in [5.41, 5.74) is 5.29. The lowest BCUT2D eigenvalue weighted by molar-refractivity contribution is 0.723. The maximum absolute atomic E-state index is 11.5. The van der Waals surface area contributed by atoms with Crippen molar-refractivity contribution < 1.29 is 0 Å². The molecular weight excluding hydrogens is 242 g/mol. The summed E-state index contributed by atoms with van der Waals surface area (Å²) in [6, 6.07) is 7.07. The van der Waals surface area contributed by atoms with Gasteiger partial charge < -0.3 is 5.73 Å². The molecule has 2 rings (SSSR count). The van der Waals surface area contributed by atoms with Crippen LogP contribution in [0, 0.1) is 0 Å². The number of halogens is 1. The van der Waals surface area contributed by atoms with Crippen LogP contribution < -0.4 is 17.0 Å². The van der Waals surface area contributed by atoms with Gasteiger partial charge in [0.15, 0.2) is 0 Å². The van der Waals surface area contributed by atoms with Gasteiger partial charge in [0.1, 0.15) is 5.69 Å². The second kappa shape index (κ2) is 4.47. The van der Waals surface area contributed by atoms with Crippen molar-refractivity contribution in [3.05, 3.63) is 61.9 Å². The van der Waals surface area contributed by atoms with Crippen LogP contribution in [0.25, 0.3) is 0 Å². The van der Waals surface area contributed by atoms with E-state index in [-0.39, 0.29) is 5.69 Å². The lowest BCUT2D eigenvalue weighted by Gasteiger charge is -2.05. The van der Waals surface area contributed by atoms with Crippen LogP contribution in [0.1, 0.15) is 5.56 Å². The summed E-state index contributed by atoms with van der Waals surface area (Å²) in [4.78, 5) is 24.7. The van der Waals surface area contributed by atoms with Gasteiger partial charge in [-0.25, -0.2) is 4.79 Å². The Labute approximate surface area is 101 Å². The molecule has 0 saturated heterocycles. The number of nitrogen functional groups attached to an aromatic ring is 1. The van der Waals surface area contributed by atoms with E-state index < -0.39 is 11.2 Å². The summed E-state index contributed by atoms with van der Waals surface area (Å²) in [7, 11) is 0. The van der Waals surface area contributed by atoms with Crippen molar-refractivity contribution >= 4 is 17.3 Å². The molecule has 0 aliphatic heterocycles. The molecule has 0 atom stereocenters. The quantitative estimate of drug-likeness (QED) is 0.829. The van der Waals surface area contributed by atoms with E-state index >= 15 is 0 Å². The Kier molecular flexibility index (Phi) is 3.01. The van der Waals surface area contributed by atoms with Crippen molar-refractivity contribution in [1.82, 2.24) is 9.55 Å². The molecule has 1 aromatic carbocycles. The highest BCUT2D eigenvalue weighted by atomic mass is 35.5. The third-order valence-electron chi connectivity index (χ3n) is 2.30. The van der Waals surface area contributed by atoms with Crippen LogP contribution in [0.4, 0.5) is 5.69 Å². The number of aromatic amines is 1. The van der Waals surface area contributed by atoms with Crippen LogP contribution in [0.2, 0.25) is 5.02 Å². The Morgan fingerprint density at radius 1 is 1.24 bits per heavy atom. The molecule has 0 aliphatic carbocycles. The SMILES string of the molecule is Nc1cn(Cc2ccc(Cl)cc2)c(=O)[nH]c1=O. The first-order valence-electron chi connectivity index (χ1n) is 4.90. The number of nitrogens with one attached hydrogen (secondary N) is 1. The third-order valence-corrected chi connectivity index (χ3v) is 2.56. The number of anilines is 1. The van der Waals surface area contributed by atoms with Crippen LogP contribution >= 0.6 is 11.6 Å². The normalized spacial score (nSPS) is 10.4. The molecule has 1 heterocycles. The summed E-state index contributed by atoms with van der Waals surface area (Å²) in [6.07, 6.45) is 1.33. The Morgan fingerprint density at radius 2 is 1.88 bits per heavy atom. The van der Waals surface area contributed by atoms with Gasteiger partial charge in [-0.1, -0.05) is 23.7 Å². The van der Waals surface area contributed by atoms with Gasteiger partial charge >= 0.3 is 5.69 Å². The molecule has 6 heteroatoms. The van der Waals surface area contributed by atoms with Crippen LogP contribution in [0.5, 0.6) is 0 Å². The van der Waals surface area contributed by atoms with Crippen molar-refractivity contribution in [2.75, 3.05) is 5.73 Å². The van der Waals surface area contributed by atoms with E-state index in [1.165, 1.54) is 10.8 Å². The van der Waals surface area contributed by atoms with Crippen molar-refractivity contribution in [2.45, 2.75) is 6.54 Å². The first-order chi connectivity index (χ1) is 8.06. The fourth-order valence-electron chi connectivity index (χ4n) is 1.43. The van der Waals surface area contributed by atoms with Crippen LogP contribution in [0.3, 0.4) is 0 Å². The average molecular weight is 252 g/mol. The number of H-pyrrole nitrogens is 1. The first-order valence-corrected chi connectivity index (χ1v) is 5.28. The third kappa shape index (κ3) is 2.57. The van der Waals surface area contributed by atoms with Gasteiger partial charge in [0.05, 0.1) is 6.54 Å². The highest BCUT2D eigenvalue weighted by molar-refractivity contribution is 6.30. The van der Waals surface area contributed by atoms with Gasteiger partial charge in [-0.15, -0.1) is 0 Å². The number of nitrogens with two attached hydrogens (primary N) is 1. The molecular formula is C11H10ClN3O2. The van der Waals surface area contributed by atoms with Gasteiger partial charge in [-0.05, 0) is 17.7 Å². The van der Waals surface area contributed by atoms with Crippen LogP contribution in [-0.4, -0.2) is 9.55 Å². The van der Waals surface area contributed by atoms with E-state index in [2.05, 4.69) is 4.98 Å². The van der Waals surface area contributed by atoms with Crippen molar-refractivity contribution in [3.63, 3.8) is 0 Å². The first kappa shape index (κ1) is 11.5. The zero-order valence-electron chi connectivity index (χ0n) is 8.81. The number of hydrogen-bond donors (Lipinski definition) is 2. The Balaban J connectivity index is 2.36. The maximum Gasteiger partial charge on any atom is 0.328 e. The van der Waals surface area contributed by atoms with E-state index in [1.807, 2.05) is 0 Å². The molecule has 0 bridgehead atoms. The van der Waals surface area contributed by atoms with Gasteiger partial charge in [0.25, 0.3) is 5.56 Å². The average Bonchev–Trinajstić information content (AvgIpc) is 2.29. The van der Waals surface area contributed by atoms with Crippen molar-refractivity contribution in [1.29, 1.82) is 0 Å². The van der Waals surface area contributed by atoms with E-state index in [1.54, 1.807) is 24.3 Å². The molecule has 1 aromatic heterocycles. The van der Waals surface area contributed by atoms with Gasteiger partial charge in [-0.3, -0.25) is 14.3 Å². The van der Waals surface area contributed by atoms with E-state index in [0.29, 0.717) is 11.6 Å². The smallest absolute Gasteiger partial charge is 0.328 e. The summed E-state index contributed by atoms with van der Waals surface area (Å²) in [5.74, 6) is 0. The maximum atomic E-state index is 11.5. The number of benzene rings is 1. The zero-order chi connectivity index (χ0) is 12.4. The molecule has 0 fully saturated rings. The largest absolute Gasteiger partial charge is 0.393 e. The summed E-state index contributed by atoms with van der Waals surface area (Å²) in [6.45, 7) is 0.330. The highest BCUT2D eigenvalue weighted by Gasteiger charge is 2.02. The monoisotopic (exact) mass is 251 g/mol. The number of aromatic nitrogens is 2. The fourth-order valence-corrected chi connectivity index (χ4v) is 1.56. The predicted molar refractivity (Wildman–Crippen MR) is 66.3 cm³/mol.